The van der Waals surface area contributed by atoms with Crippen LogP contribution in [0, 0.1) is 6.92 Å². The third kappa shape index (κ3) is 4.65. The molecule has 0 bridgehead atoms. The second-order valence-electron chi connectivity index (χ2n) is 5.83. The molecular formula is C17H21NSSi. The van der Waals surface area contributed by atoms with E-state index >= 15 is 0 Å². The molecule has 0 aliphatic heterocycles. The summed E-state index contributed by atoms with van der Waals surface area (Å²) < 4.78 is 0. The summed E-state index contributed by atoms with van der Waals surface area (Å²) in [4.78, 5) is 5.94. The maximum atomic E-state index is 4.59. The van der Waals surface area contributed by atoms with E-state index in [1.165, 1.54) is 10.5 Å². The van der Waals surface area contributed by atoms with Crippen LogP contribution in [0.1, 0.15) is 11.1 Å². The maximum absolute atomic E-state index is 4.59. The Kier molecular flexibility index (Phi) is 4.84. The molecule has 0 unspecified atom stereocenters. The van der Waals surface area contributed by atoms with Crippen molar-refractivity contribution in [2.45, 2.75) is 31.5 Å². The Labute approximate surface area is 126 Å². The van der Waals surface area contributed by atoms with Crippen LogP contribution in [0.25, 0.3) is 0 Å². The lowest BCUT2D eigenvalue weighted by molar-refractivity contribution is 1.40. The topological polar surface area (TPSA) is 12.4 Å². The fraction of sp³-hybridized carbons (Fsp3) is 0.235. The van der Waals surface area contributed by atoms with Crippen molar-refractivity contribution in [1.82, 2.24) is 0 Å². The van der Waals surface area contributed by atoms with Crippen molar-refractivity contribution in [3.63, 3.8) is 0 Å². The minimum atomic E-state index is -1.14. The zero-order valence-electron chi connectivity index (χ0n) is 12.6. The number of rotatable bonds is 4. The Balaban J connectivity index is 2.18. The van der Waals surface area contributed by atoms with Crippen LogP contribution in [0.2, 0.25) is 19.6 Å². The highest BCUT2D eigenvalue weighted by molar-refractivity contribution is 8.28. The first kappa shape index (κ1) is 15.1. The SMILES string of the molecule is Cc1ccccc1/N=C\c1cccc(S[Si](C)(C)C)c1. The molecule has 0 radical (unpaired) electrons. The van der Waals surface area contributed by atoms with Crippen LogP contribution in [0.15, 0.2) is 58.4 Å². The molecule has 2 aromatic rings. The number of hydrogen-bond acceptors (Lipinski definition) is 2. The van der Waals surface area contributed by atoms with Gasteiger partial charge in [-0.25, -0.2) is 0 Å². The highest BCUT2D eigenvalue weighted by atomic mass is 32.4. The van der Waals surface area contributed by atoms with Gasteiger partial charge in [0, 0.05) is 11.1 Å². The van der Waals surface area contributed by atoms with Crippen LogP contribution >= 0.6 is 11.2 Å². The van der Waals surface area contributed by atoms with Gasteiger partial charge in [-0.15, -0.1) is 0 Å². The van der Waals surface area contributed by atoms with Gasteiger partial charge in [0.05, 0.1) is 5.69 Å². The Morgan fingerprint density at radius 3 is 2.45 bits per heavy atom. The summed E-state index contributed by atoms with van der Waals surface area (Å²) in [6.07, 6.45) is 1.95. The van der Waals surface area contributed by atoms with Gasteiger partial charge in [0.1, 0.15) is 7.22 Å². The Bertz CT molecular complexity index is 614. The maximum Gasteiger partial charge on any atom is 0.114 e. The molecule has 0 fully saturated rings. The third-order valence-corrected chi connectivity index (χ3v) is 6.40. The van der Waals surface area contributed by atoms with Crippen molar-refractivity contribution in [3.8, 4) is 0 Å². The lowest BCUT2D eigenvalue weighted by atomic mass is 10.2. The smallest absolute Gasteiger partial charge is 0.114 e. The van der Waals surface area contributed by atoms with Crippen molar-refractivity contribution in [1.29, 1.82) is 0 Å². The van der Waals surface area contributed by atoms with E-state index in [4.69, 9.17) is 0 Å². The van der Waals surface area contributed by atoms with Crippen LogP contribution in [-0.4, -0.2) is 13.4 Å². The lowest BCUT2D eigenvalue weighted by Gasteiger charge is -2.15. The quantitative estimate of drug-likeness (QED) is 0.523. The summed E-state index contributed by atoms with van der Waals surface area (Å²) in [6.45, 7) is 9.19. The van der Waals surface area contributed by atoms with Gasteiger partial charge in [-0.3, -0.25) is 4.99 Å². The number of aryl methyl sites for hydroxylation is 1. The Morgan fingerprint density at radius 2 is 1.75 bits per heavy atom. The van der Waals surface area contributed by atoms with Crippen molar-refractivity contribution in [3.05, 3.63) is 59.7 Å². The first-order valence-electron chi connectivity index (χ1n) is 6.83. The minimum Gasteiger partial charge on any atom is -0.256 e. The first-order chi connectivity index (χ1) is 9.44. The lowest BCUT2D eigenvalue weighted by Crippen LogP contribution is -2.13. The molecule has 1 nitrogen and oxygen atoms in total. The molecule has 0 heterocycles. The summed E-state index contributed by atoms with van der Waals surface area (Å²) in [5, 5.41) is 0. The van der Waals surface area contributed by atoms with Gasteiger partial charge in [0.15, 0.2) is 0 Å². The molecule has 20 heavy (non-hydrogen) atoms. The summed E-state index contributed by atoms with van der Waals surface area (Å²) in [7, 11) is -1.14. The highest BCUT2D eigenvalue weighted by Crippen LogP contribution is 2.29. The van der Waals surface area contributed by atoms with Crippen LogP contribution in [-0.2, 0) is 0 Å². The van der Waals surface area contributed by atoms with Gasteiger partial charge in [-0.1, -0.05) is 50.0 Å². The van der Waals surface area contributed by atoms with E-state index in [2.05, 4.69) is 61.9 Å². The molecule has 0 aliphatic rings. The fourth-order valence-electron chi connectivity index (χ4n) is 1.86. The number of aliphatic imine (C=N–C) groups is 1. The molecule has 2 aromatic carbocycles. The number of benzene rings is 2. The molecule has 0 saturated carbocycles. The number of nitrogens with zero attached hydrogens (tertiary/aromatic N) is 1. The number of para-hydroxylation sites is 1. The molecule has 104 valence electrons. The van der Waals surface area contributed by atoms with Crippen molar-refractivity contribution >= 4 is 30.3 Å². The summed E-state index contributed by atoms with van der Waals surface area (Å²) >= 11 is 2.02. The molecular weight excluding hydrogens is 278 g/mol. The predicted molar refractivity (Wildman–Crippen MR) is 94.1 cm³/mol. The fourth-order valence-corrected chi connectivity index (χ4v) is 5.42. The van der Waals surface area contributed by atoms with Gasteiger partial charge in [0.2, 0.25) is 0 Å². The van der Waals surface area contributed by atoms with E-state index in [0.29, 0.717) is 0 Å². The Hall–Kier alpha value is -1.32. The summed E-state index contributed by atoms with van der Waals surface area (Å²) in [5.74, 6) is 0. The monoisotopic (exact) mass is 299 g/mol. The summed E-state index contributed by atoms with van der Waals surface area (Å²) in [5.41, 5.74) is 3.41. The van der Waals surface area contributed by atoms with Crippen molar-refractivity contribution in [2.24, 2.45) is 4.99 Å². The second kappa shape index (κ2) is 6.42. The van der Waals surface area contributed by atoms with Gasteiger partial charge >= 0.3 is 0 Å². The van der Waals surface area contributed by atoms with Gasteiger partial charge in [0.25, 0.3) is 0 Å². The molecule has 2 rings (SSSR count). The standard InChI is InChI=1S/C17H21NSSi/c1-14-8-5-6-11-17(14)18-13-15-9-7-10-16(12-15)19-20(2,3)4/h5-13H,1-4H3/b18-13-. The van der Waals surface area contributed by atoms with Crippen LogP contribution < -0.4 is 0 Å². The van der Waals surface area contributed by atoms with Gasteiger partial charge in [-0.05, 0) is 36.2 Å². The van der Waals surface area contributed by atoms with Gasteiger partial charge < -0.3 is 0 Å². The molecule has 0 aromatic heterocycles. The van der Waals surface area contributed by atoms with E-state index < -0.39 is 7.22 Å². The zero-order valence-corrected chi connectivity index (χ0v) is 14.4. The average Bonchev–Trinajstić information content (AvgIpc) is 2.36. The van der Waals surface area contributed by atoms with Gasteiger partial charge in [-0.2, -0.15) is 11.2 Å². The average molecular weight is 300 g/mol. The van der Waals surface area contributed by atoms with Crippen molar-refractivity contribution < 1.29 is 0 Å². The molecule has 0 amide bonds. The van der Waals surface area contributed by atoms with Crippen LogP contribution in [0.3, 0.4) is 0 Å². The molecule has 0 aliphatic carbocycles. The van der Waals surface area contributed by atoms with E-state index in [1.54, 1.807) is 0 Å². The minimum absolute atomic E-state index is 1.04. The van der Waals surface area contributed by atoms with E-state index in [-0.39, 0.29) is 0 Å². The predicted octanol–water partition coefficient (Wildman–Crippen LogP) is 5.67. The normalized spacial score (nSPS) is 12.0. The van der Waals surface area contributed by atoms with Crippen LogP contribution in [0.4, 0.5) is 5.69 Å². The van der Waals surface area contributed by atoms with E-state index in [1.807, 2.05) is 35.6 Å². The van der Waals surface area contributed by atoms with Crippen LogP contribution in [0.5, 0.6) is 0 Å². The van der Waals surface area contributed by atoms with E-state index in [0.717, 1.165) is 11.3 Å². The summed E-state index contributed by atoms with van der Waals surface area (Å²) in [6, 6.07) is 16.8. The number of hydrogen-bond donors (Lipinski definition) is 0. The second-order valence-corrected chi connectivity index (χ2v) is 15.0. The molecule has 0 spiro atoms. The molecule has 0 atom stereocenters. The zero-order chi connectivity index (χ0) is 14.6. The van der Waals surface area contributed by atoms with E-state index in [9.17, 15) is 0 Å². The Morgan fingerprint density at radius 1 is 1.00 bits per heavy atom. The van der Waals surface area contributed by atoms with Crippen molar-refractivity contribution in [2.75, 3.05) is 0 Å². The highest BCUT2D eigenvalue weighted by Gasteiger charge is 2.14. The molecule has 0 saturated heterocycles. The molecule has 0 N–H and O–H groups in total. The largest absolute Gasteiger partial charge is 0.256 e. The molecule has 3 heteroatoms. The third-order valence-electron chi connectivity index (χ3n) is 2.75. The first-order valence-corrected chi connectivity index (χ1v) is 11.9.